The van der Waals surface area contributed by atoms with Crippen molar-refractivity contribution in [3.8, 4) is 0 Å². The number of rotatable bonds is 15. The molecule has 19 heteroatoms. The van der Waals surface area contributed by atoms with Crippen LogP contribution in [0.4, 0.5) is 0 Å². The Morgan fingerprint density at radius 1 is 0.526 bits per heavy atom. The van der Waals surface area contributed by atoms with Crippen LogP contribution in [0.25, 0.3) is 0 Å². The molecule has 0 aromatic rings. The summed E-state index contributed by atoms with van der Waals surface area (Å²) < 4.78 is 0. The van der Waals surface area contributed by atoms with E-state index in [0.717, 1.165) is 5.75 Å². The van der Waals surface area contributed by atoms with E-state index in [1.807, 2.05) is 6.26 Å². The maximum absolute atomic E-state index is 10.1. The zero-order valence-corrected chi connectivity index (χ0v) is 21.3. The molecule has 0 aromatic carbocycles. The molecule has 0 fully saturated rings. The van der Waals surface area contributed by atoms with Crippen LogP contribution in [0.3, 0.4) is 0 Å². The number of thioether (sulfide) groups is 1. The summed E-state index contributed by atoms with van der Waals surface area (Å²) in [6.07, 6.45) is 1.50. The summed E-state index contributed by atoms with van der Waals surface area (Å²) in [4.78, 5) is 69.4. The SMILES string of the molecule is CSCC[C@H](N)C(=O)O.N[C@@H](CC(=O)O)C(=O)O.N[C@@H](CCC(=O)O)C(=O)O.N[C@@H](CCC(=O)O)C(=O)O. The lowest BCUT2D eigenvalue weighted by Crippen LogP contribution is -2.32. The molecule has 0 radical (unpaired) electrons. The van der Waals surface area contributed by atoms with Crippen LogP contribution in [0.1, 0.15) is 38.5 Å². The summed E-state index contributed by atoms with van der Waals surface area (Å²) in [5.74, 6) is -6.99. The quantitative estimate of drug-likeness (QED) is 0.0962. The van der Waals surface area contributed by atoms with Crippen LogP contribution in [0.5, 0.6) is 0 Å². The second kappa shape index (κ2) is 25.1. The average molecular weight is 577 g/mol. The van der Waals surface area contributed by atoms with E-state index in [-0.39, 0.29) is 25.7 Å². The molecule has 0 aliphatic rings. The molecule has 0 aromatic heterocycles. The minimum Gasteiger partial charge on any atom is -0.481 e. The van der Waals surface area contributed by atoms with Crippen molar-refractivity contribution in [3.05, 3.63) is 0 Å². The second-order valence-corrected chi connectivity index (χ2v) is 8.01. The van der Waals surface area contributed by atoms with Crippen molar-refractivity contribution in [2.24, 2.45) is 22.9 Å². The molecule has 0 unspecified atom stereocenters. The van der Waals surface area contributed by atoms with E-state index in [9.17, 15) is 33.6 Å². The predicted octanol–water partition coefficient (Wildman–Crippen LogP) is -2.45. The number of carboxylic acids is 7. The molecule has 4 atom stereocenters. The monoisotopic (exact) mass is 576 g/mol. The first kappa shape index (κ1) is 41.6. The molecular weight excluding hydrogens is 540 g/mol. The van der Waals surface area contributed by atoms with Gasteiger partial charge in [-0.2, -0.15) is 11.8 Å². The van der Waals surface area contributed by atoms with Crippen LogP contribution >= 0.6 is 11.8 Å². The summed E-state index contributed by atoms with van der Waals surface area (Å²) in [6.45, 7) is 0. The number of nitrogens with two attached hydrogens (primary N) is 4. The Labute approximate surface area is 220 Å². The van der Waals surface area contributed by atoms with Gasteiger partial charge in [0.25, 0.3) is 0 Å². The highest BCUT2D eigenvalue weighted by Crippen LogP contribution is 1.98. The van der Waals surface area contributed by atoms with Crippen molar-refractivity contribution in [1.82, 2.24) is 0 Å². The van der Waals surface area contributed by atoms with E-state index in [2.05, 4.69) is 0 Å². The van der Waals surface area contributed by atoms with E-state index >= 15 is 0 Å². The zero-order chi connectivity index (χ0) is 31.0. The molecule has 0 saturated heterocycles. The van der Waals surface area contributed by atoms with Gasteiger partial charge in [-0.1, -0.05) is 0 Å². The van der Waals surface area contributed by atoms with Gasteiger partial charge in [-0.25, -0.2) is 0 Å². The smallest absolute Gasteiger partial charge is 0.321 e. The third-order valence-corrected chi connectivity index (χ3v) is 4.28. The number of carboxylic acid groups (broad SMARTS) is 7. The van der Waals surface area contributed by atoms with Crippen LogP contribution in [0.2, 0.25) is 0 Å². The fraction of sp³-hybridized carbons (Fsp3) is 0.632. The summed E-state index contributed by atoms with van der Waals surface area (Å²) >= 11 is 1.60. The Morgan fingerprint density at radius 3 is 1.00 bits per heavy atom. The van der Waals surface area contributed by atoms with Crippen molar-refractivity contribution < 1.29 is 69.3 Å². The zero-order valence-electron chi connectivity index (χ0n) is 20.5. The summed E-state index contributed by atoms with van der Waals surface area (Å²) in [7, 11) is 0. The summed E-state index contributed by atoms with van der Waals surface area (Å²) in [5, 5.41) is 56.9. The van der Waals surface area contributed by atoms with Gasteiger partial charge in [-0.05, 0) is 31.3 Å². The number of carbonyl (C=O) groups is 7. The second-order valence-electron chi connectivity index (χ2n) is 7.02. The average Bonchev–Trinajstić information content (AvgIpc) is 2.79. The first-order chi connectivity index (χ1) is 17.3. The highest BCUT2D eigenvalue weighted by molar-refractivity contribution is 7.98. The molecule has 0 saturated carbocycles. The lowest BCUT2D eigenvalue weighted by Gasteiger charge is -2.02. The van der Waals surface area contributed by atoms with Gasteiger partial charge >= 0.3 is 41.8 Å². The highest BCUT2D eigenvalue weighted by Gasteiger charge is 2.15. The Morgan fingerprint density at radius 2 is 0.816 bits per heavy atom. The molecule has 0 bridgehead atoms. The lowest BCUT2D eigenvalue weighted by atomic mass is 10.2. The molecule has 0 rings (SSSR count). The summed E-state index contributed by atoms with van der Waals surface area (Å²) in [6, 6.07) is -4.09. The third-order valence-electron chi connectivity index (χ3n) is 3.63. The van der Waals surface area contributed by atoms with Crippen LogP contribution in [0.15, 0.2) is 0 Å². The minimum absolute atomic E-state index is 0.0231. The first-order valence-corrected chi connectivity index (χ1v) is 11.8. The highest BCUT2D eigenvalue weighted by atomic mass is 32.2. The Bertz CT molecular complexity index is 734. The Hall–Kier alpha value is -3.52. The van der Waals surface area contributed by atoms with E-state index in [0.29, 0.717) is 6.42 Å². The van der Waals surface area contributed by atoms with Gasteiger partial charge in [0.2, 0.25) is 0 Å². The summed E-state index contributed by atoms with van der Waals surface area (Å²) in [5.41, 5.74) is 20.0. The molecule has 15 N–H and O–H groups in total. The molecular formula is C19H36N4O14S. The minimum atomic E-state index is -1.29. The van der Waals surface area contributed by atoms with Crippen LogP contribution in [-0.4, -0.2) is 114 Å². The Balaban J connectivity index is -0.000000203. The predicted molar refractivity (Wildman–Crippen MR) is 131 cm³/mol. The third kappa shape index (κ3) is 34.6. The van der Waals surface area contributed by atoms with Crippen molar-refractivity contribution >= 4 is 53.5 Å². The number of aliphatic carboxylic acids is 7. The molecule has 0 spiro atoms. The van der Waals surface area contributed by atoms with Gasteiger partial charge in [0.15, 0.2) is 0 Å². The topological polar surface area (TPSA) is 365 Å². The Kier molecular flexibility index (Phi) is 27.5. The van der Waals surface area contributed by atoms with E-state index < -0.39 is 72.4 Å². The normalized spacial score (nSPS) is 12.7. The van der Waals surface area contributed by atoms with E-state index in [1.165, 1.54) is 0 Å². The van der Waals surface area contributed by atoms with E-state index in [1.54, 1.807) is 11.8 Å². The molecule has 222 valence electrons. The maximum atomic E-state index is 10.1. The maximum Gasteiger partial charge on any atom is 0.321 e. The molecule has 0 amide bonds. The van der Waals surface area contributed by atoms with Crippen LogP contribution in [0, 0.1) is 0 Å². The van der Waals surface area contributed by atoms with Gasteiger partial charge in [-0.3, -0.25) is 33.6 Å². The number of hydrogen-bond donors (Lipinski definition) is 11. The molecule has 18 nitrogen and oxygen atoms in total. The molecule has 0 aliphatic carbocycles. The largest absolute Gasteiger partial charge is 0.481 e. The van der Waals surface area contributed by atoms with Crippen molar-refractivity contribution in [1.29, 1.82) is 0 Å². The standard InChI is InChI=1S/2C5H9NO4.C5H11NO2S.C4H7NO4/c2*6-3(5(9)10)1-2-4(7)8;1-9-3-2-4(6)5(7)8;5-2(4(8)9)1-3(6)7/h2*3H,1-2,6H2,(H,7,8)(H,9,10);4H,2-3,6H2,1H3,(H,7,8);2H,1,5H2,(H,6,7)(H,8,9)/t2*3-;4-;2-/m0000/s1. The van der Waals surface area contributed by atoms with Crippen LogP contribution < -0.4 is 22.9 Å². The van der Waals surface area contributed by atoms with Gasteiger partial charge in [0.05, 0.1) is 6.42 Å². The van der Waals surface area contributed by atoms with Crippen molar-refractivity contribution in [2.75, 3.05) is 12.0 Å². The van der Waals surface area contributed by atoms with Gasteiger partial charge in [0, 0.05) is 12.8 Å². The molecule has 0 aliphatic heterocycles. The van der Waals surface area contributed by atoms with Crippen molar-refractivity contribution in [3.63, 3.8) is 0 Å². The van der Waals surface area contributed by atoms with Gasteiger partial charge in [0.1, 0.15) is 24.2 Å². The van der Waals surface area contributed by atoms with Gasteiger partial charge < -0.3 is 58.7 Å². The van der Waals surface area contributed by atoms with E-state index in [4.69, 9.17) is 58.7 Å². The number of hydrogen-bond acceptors (Lipinski definition) is 12. The molecule has 0 heterocycles. The fourth-order valence-electron chi connectivity index (χ4n) is 1.45. The first-order valence-electron chi connectivity index (χ1n) is 10.4. The van der Waals surface area contributed by atoms with Gasteiger partial charge in [-0.15, -0.1) is 0 Å². The fourth-order valence-corrected chi connectivity index (χ4v) is 1.94. The lowest BCUT2D eigenvalue weighted by molar-refractivity contribution is -0.144. The molecule has 38 heavy (non-hydrogen) atoms. The van der Waals surface area contributed by atoms with Crippen molar-refractivity contribution in [2.45, 2.75) is 62.7 Å². The van der Waals surface area contributed by atoms with Crippen LogP contribution in [-0.2, 0) is 33.6 Å².